The zero-order valence-electron chi connectivity index (χ0n) is 12.2. The van der Waals surface area contributed by atoms with E-state index in [1.807, 2.05) is 48.5 Å². The van der Waals surface area contributed by atoms with Gasteiger partial charge in [-0.3, -0.25) is 0 Å². The fourth-order valence-electron chi connectivity index (χ4n) is 1.97. The molecule has 0 radical (unpaired) electrons. The molecule has 0 N–H and O–H groups in total. The highest BCUT2D eigenvalue weighted by Crippen LogP contribution is 2.24. The van der Waals surface area contributed by atoms with Crippen LogP contribution in [-0.4, -0.2) is 19.5 Å². The second-order valence-corrected chi connectivity index (χ2v) is 5.22. The fraction of sp³-hybridized carbons (Fsp3) is 0.294. The monoisotopic (exact) mass is 350 g/mol. The number of hydrogen-bond donors (Lipinski definition) is 0. The van der Waals surface area contributed by atoms with Crippen molar-refractivity contribution < 1.29 is 14.2 Å². The summed E-state index contributed by atoms with van der Waals surface area (Å²) in [5, 5.41) is 0.746. The molecule has 0 saturated carbocycles. The van der Waals surface area contributed by atoms with Gasteiger partial charge in [0.05, 0.1) is 26.9 Å². The molecular weight excluding hydrogens is 332 g/mol. The van der Waals surface area contributed by atoms with E-state index in [4.69, 9.17) is 14.2 Å². The third kappa shape index (κ3) is 4.48. The lowest BCUT2D eigenvalue weighted by molar-refractivity contribution is 0.0565. The molecule has 3 nitrogen and oxygen atoms in total. The maximum atomic E-state index is 5.98. The van der Waals surface area contributed by atoms with Crippen LogP contribution >= 0.6 is 15.9 Å². The molecule has 1 atom stereocenters. The second kappa shape index (κ2) is 8.05. The van der Waals surface area contributed by atoms with Crippen molar-refractivity contribution in [2.45, 2.75) is 12.7 Å². The van der Waals surface area contributed by atoms with E-state index in [0.717, 1.165) is 28.0 Å². The highest BCUT2D eigenvalue weighted by Gasteiger charge is 2.11. The molecule has 0 fully saturated rings. The second-order valence-electron chi connectivity index (χ2n) is 4.58. The van der Waals surface area contributed by atoms with Gasteiger partial charge in [0, 0.05) is 5.33 Å². The van der Waals surface area contributed by atoms with Crippen LogP contribution in [0.1, 0.15) is 17.2 Å². The Kier molecular flexibility index (Phi) is 6.08. The molecule has 0 aromatic heterocycles. The van der Waals surface area contributed by atoms with Gasteiger partial charge in [0.15, 0.2) is 0 Å². The minimum atomic E-state index is 0.0120. The summed E-state index contributed by atoms with van der Waals surface area (Å²) in [6.07, 6.45) is 0.0120. The van der Waals surface area contributed by atoms with Crippen LogP contribution in [0.25, 0.3) is 0 Å². The summed E-state index contributed by atoms with van der Waals surface area (Å²) in [6.45, 7) is 0.562. The van der Waals surface area contributed by atoms with Crippen LogP contribution in [-0.2, 0) is 11.3 Å². The van der Waals surface area contributed by atoms with Crippen LogP contribution in [0.2, 0.25) is 0 Å². The average molecular weight is 351 g/mol. The van der Waals surface area contributed by atoms with Gasteiger partial charge in [-0.05, 0) is 35.4 Å². The zero-order chi connectivity index (χ0) is 15.1. The summed E-state index contributed by atoms with van der Waals surface area (Å²) in [4.78, 5) is 0. The van der Waals surface area contributed by atoms with E-state index in [2.05, 4.69) is 15.9 Å². The molecule has 4 heteroatoms. The van der Waals surface area contributed by atoms with E-state index < -0.39 is 0 Å². The summed E-state index contributed by atoms with van der Waals surface area (Å²) >= 11 is 3.51. The standard InChI is InChI=1S/C17H19BrO3/c1-19-15-7-3-13(4-8-15)12-21-17(11-18)14-5-9-16(20-2)10-6-14/h3-10,17H,11-12H2,1-2H3. The largest absolute Gasteiger partial charge is 0.497 e. The molecule has 2 rings (SSSR count). The minimum Gasteiger partial charge on any atom is -0.497 e. The number of ether oxygens (including phenoxy) is 3. The van der Waals surface area contributed by atoms with Gasteiger partial charge in [-0.1, -0.05) is 40.2 Å². The SMILES string of the molecule is COc1ccc(COC(CBr)c2ccc(OC)cc2)cc1. The lowest BCUT2D eigenvalue weighted by Crippen LogP contribution is -2.06. The first-order chi connectivity index (χ1) is 10.3. The molecule has 1 unspecified atom stereocenters. The van der Waals surface area contributed by atoms with Gasteiger partial charge in [0.2, 0.25) is 0 Å². The predicted molar refractivity (Wildman–Crippen MR) is 87.3 cm³/mol. The predicted octanol–water partition coefficient (Wildman–Crippen LogP) is 4.36. The number of methoxy groups -OCH3 is 2. The smallest absolute Gasteiger partial charge is 0.118 e. The third-order valence-corrected chi connectivity index (χ3v) is 3.83. The Morgan fingerprint density at radius 1 is 0.857 bits per heavy atom. The topological polar surface area (TPSA) is 27.7 Å². The molecule has 0 bridgehead atoms. The van der Waals surface area contributed by atoms with E-state index in [9.17, 15) is 0 Å². The zero-order valence-corrected chi connectivity index (χ0v) is 13.8. The Balaban J connectivity index is 1.97. The van der Waals surface area contributed by atoms with E-state index in [1.165, 1.54) is 0 Å². The first-order valence-corrected chi connectivity index (χ1v) is 7.83. The first kappa shape index (κ1) is 15.9. The molecule has 0 saturated heterocycles. The van der Waals surface area contributed by atoms with Crippen molar-refractivity contribution in [2.24, 2.45) is 0 Å². The maximum absolute atomic E-state index is 5.98. The van der Waals surface area contributed by atoms with Crippen molar-refractivity contribution in [1.29, 1.82) is 0 Å². The molecule has 2 aromatic rings. The van der Waals surface area contributed by atoms with Crippen LogP contribution in [0.4, 0.5) is 0 Å². The van der Waals surface area contributed by atoms with Crippen molar-refractivity contribution in [3.8, 4) is 11.5 Å². The summed E-state index contributed by atoms with van der Waals surface area (Å²) in [6, 6.07) is 15.8. The molecule has 0 spiro atoms. The van der Waals surface area contributed by atoms with Gasteiger partial charge in [-0.2, -0.15) is 0 Å². The normalized spacial score (nSPS) is 12.0. The van der Waals surface area contributed by atoms with Crippen molar-refractivity contribution in [2.75, 3.05) is 19.5 Å². The minimum absolute atomic E-state index is 0.0120. The Bertz CT molecular complexity index is 537. The molecule has 0 aliphatic heterocycles. The molecule has 2 aromatic carbocycles. The first-order valence-electron chi connectivity index (χ1n) is 6.71. The van der Waals surface area contributed by atoms with Gasteiger partial charge >= 0.3 is 0 Å². The van der Waals surface area contributed by atoms with Crippen LogP contribution in [0.5, 0.6) is 11.5 Å². The van der Waals surface area contributed by atoms with Gasteiger partial charge < -0.3 is 14.2 Å². The van der Waals surface area contributed by atoms with Crippen LogP contribution in [0, 0.1) is 0 Å². The number of rotatable bonds is 7. The number of hydrogen-bond acceptors (Lipinski definition) is 3. The summed E-state index contributed by atoms with van der Waals surface area (Å²) in [5.41, 5.74) is 2.25. The van der Waals surface area contributed by atoms with Crippen molar-refractivity contribution in [3.05, 3.63) is 59.7 Å². The van der Waals surface area contributed by atoms with Gasteiger partial charge in [-0.25, -0.2) is 0 Å². The number of benzene rings is 2. The quantitative estimate of drug-likeness (QED) is 0.694. The third-order valence-electron chi connectivity index (χ3n) is 3.24. The Labute approximate surface area is 134 Å². The number of alkyl halides is 1. The average Bonchev–Trinajstić information content (AvgIpc) is 2.56. The van der Waals surface area contributed by atoms with E-state index >= 15 is 0 Å². The summed E-state index contributed by atoms with van der Waals surface area (Å²) < 4.78 is 16.3. The molecule has 0 aliphatic rings. The Morgan fingerprint density at radius 2 is 1.38 bits per heavy atom. The Hall–Kier alpha value is -1.52. The summed E-state index contributed by atoms with van der Waals surface area (Å²) in [5.74, 6) is 1.70. The molecule has 0 aliphatic carbocycles. The lowest BCUT2D eigenvalue weighted by atomic mass is 10.1. The van der Waals surface area contributed by atoms with Gasteiger partial charge in [-0.15, -0.1) is 0 Å². The Morgan fingerprint density at radius 3 is 1.86 bits per heavy atom. The fourth-order valence-corrected chi connectivity index (χ4v) is 2.53. The van der Waals surface area contributed by atoms with Crippen LogP contribution in [0.3, 0.4) is 0 Å². The van der Waals surface area contributed by atoms with Crippen LogP contribution < -0.4 is 9.47 Å². The van der Waals surface area contributed by atoms with Crippen molar-refractivity contribution in [1.82, 2.24) is 0 Å². The highest BCUT2D eigenvalue weighted by atomic mass is 79.9. The molecule has 0 amide bonds. The van der Waals surface area contributed by atoms with E-state index in [1.54, 1.807) is 14.2 Å². The van der Waals surface area contributed by atoms with Crippen LogP contribution in [0.15, 0.2) is 48.5 Å². The number of halogens is 1. The highest BCUT2D eigenvalue weighted by molar-refractivity contribution is 9.09. The maximum Gasteiger partial charge on any atom is 0.118 e. The van der Waals surface area contributed by atoms with E-state index in [0.29, 0.717) is 6.61 Å². The van der Waals surface area contributed by atoms with Gasteiger partial charge in [0.25, 0.3) is 0 Å². The lowest BCUT2D eigenvalue weighted by Gasteiger charge is -2.16. The van der Waals surface area contributed by atoms with Crippen molar-refractivity contribution >= 4 is 15.9 Å². The summed E-state index contributed by atoms with van der Waals surface area (Å²) in [7, 11) is 3.33. The van der Waals surface area contributed by atoms with Gasteiger partial charge in [0.1, 0.15) is 11.5 Å². The molecule has 21 heavy (non-hydrogen) atoms. The van der Waals surface area contributed by atoms with E-state index in [-0.39, 0.29) is 6.10 Å². The van der Waals surface area contributed by atoms with Crippen molar-refractivity contribution in [3.63, 3.8) is 0 Å². The molecule has 0 heterocycles. The molecule has 112 valence electrons. The molecular formula is C17H19BrO3.